The summed E-state index contributed by atoms with van der Waals surface area (Å²) in [4.78, 5) is 12.2. The van der Waals surface area contributed by atoms with E-state index in [1.165, 1.54) is 26.2 Å². The minimum absolute atomic E-state index is 0.0502. The molecule has 1 aromatic heterocycles. The summed E-state index contributed by atoms with van der Waals surface area (Å²) in [5, 5.41) is 6.50. The monoisotopic (exact) mass is 407 g/mol. The highest BCUT2D eigenvalue weighted by Crippen LogP contribution is 2.49. The van der Waals surface area contributed by atoms with Crippen molar-refractivity contribution in [3.63, 3.8) is 0 Å². The molecule has 0 unspecified atom stereocenters. The minimum Gasteiger partial charge on any atom is -0.352 e. The first-order chi connectivity index (χ1) is 11.2. The molecule has 134 valence electrons. The molecule has 0 aliphatic heterocycles. The Labute approximate surface area is 147 Å². The topological polar surface area (TPSA) is 46.9 Å². The summed E-state index contributed by atoms with van der Waals surface area (Å²) in [5.74, 6) is 1.67. The fourth-order valence-corrected chi connectivity index (χ4v) is 4.82. The van der Waals surface area contributed by atoms with Crippen molar-refractivity contribution in [2.75, 3.05) is 0 Å². The van der Waals surface area contributed by atoms with Crippen molar-refractivity contribution >= 4 is 21.8 Å². The highest BCUT2D eigenvalue weighted by Gasteiger charge is 2.42. The third-order valence-corrected chi connectivity index (χ3v) is 6.47. The molecule has 1 N–H and O–H groups in total. The summed E-state index contributed by atoms with van der Waals surface area (Å²) in [6.45, 7) is 3.31. The van der Waals surface area contributed by atoms with Crippen molar-refractivity contribution in [3.8, 4) is 0 Å². The zero-order valence-corrected chi connectivity index (χ0v) is 15.2. The number of nitrogens with one attached hydrogen (secondary N) is 1. The third kappa shape index (κ3) is 3.34. The Bertz CT molecular complexity index is 643. The summed E-state index contributed by atoms with van der Waals surface area (Å²) in [6, 6.07) is 0.0502. The van der Waals surface area contributed by atoms with Gasteiger partial charge in [-0.05, 0) is 66.8 Å². The van der Waals surface area contributed by atoms with E-state index in [4.69, 9.17) is 0 Å². The Morgan fingerprint density at radius 1 is 1.42 bits per heavy atom. The molecule has 2 bridgehead atoms. The summed E-state index contributed by atoms with van der Waals surface area (Å²) >= 11 is 2.92. The fraction of sp³-hybridized carbons (Fsp3) is 0.750. The molecule has 0 aromatic carbocycles. The lowest BCUT2D eigenvalue weighted by Gasteiger charge is -2.28. The first kappa shape index (κ1) is 17.8. The Hall–Kier alpha value is -1.05. The molecule has 4 nitrogen and oxygen atoms in total. The Kier molecular flexibility index (Phi) is 4.70. The molecule has 3 rings (SSSR count). The van der Waals surface area contributed by atoms with Crippen molar-refractivity contribution in [2.45, 2.75) is 58.3 Å². The molecule has 2 saturated carbocycles. The lowest BCUT2D eigenvalue weighted by atomic mass is 9.84. The predicted octanol–water partition coefficient (Wildman–Crippen LogP) is 3.91. The van der Waals surface area contributed by atoms with Crippen LogP contribution in [-0.2, 0) is 17.5 Å². The minimum atomic E-state index is -4.54. The van der Waals surface area contributed by atoms with Gasteiger partial charge in [0.1, 0.15) is 6.54 Å². The maximum Gasteiger partial charge on any atom is 0.436 e. The van der Waals surface area contributed by atoms with Gasteiger partial charge in [-0.3, -0.25) is 9.48 Å². The van der Waals surface area contributed by atoms with Crippen LogP contribution in [0.5, 0.6) is 0 Å². The van der Waals surface area contributed by atoms with Gasteiger partial charge in [0.15, 0.2) is 5.69 Å². The molecule has 1 aromatic rings. The molecular formula is C16H21BrF3N3O. The van der Waals surface area contributed by atoms with E-state index in [2.05, 4.69) is 26.3 Å². The van der Waals surface area contributed by atoms with Gasteiger partial charge in [0.25, 0.3) is 0 Å². The fourth-order valence-electron chi connectivity index (χ4n) is 4.31. The Balaban J connectivity index is 1.63. The molecule has 1 amide bonds. The lowest BCUT2D eigenvalue weighted by molar-refractivity contribution is -0.142. The molecular weight excluding hydrogens is 387 g/mol. The van der Waals surface area contributed by atoms with Gasteiger partial charge in [0, 0.05) is 6.04 Å². The normalized spacial score (nSPS) is 27.5. The average Bonchev–Trinajstić information content (AvgIpc) is 3.17. The first-order valence-corrected chi connectivity index (χ1v) is 9.05. The molecule has 1 heterocycles. The van der Waals surface area contributed by atoms with E-state index in [1.54, 1.807) is 0 Å². The number of amides is 1. The van der Waals surface area contributed by atoms with Gasteiger partial charge < -0.3 is 5.32 Å². The summed E-state index contributed by atoms with van der Waals surface area (Å²) in [5.41, 5.74) is -0.695. The van der Waals surface area contributed by atoms with Gasteiger partial charge in [-0.1, -0.05) is 6.42 Å². The van der Waals surface area contributed by atoms with E-state index in [1.807, 2.05) is 6.92 Å². The molecule has 2 aliphatic rings. The van der Waals surface area contributed by atoms with Crippen LogP contribution >= 0.6 is 15.9 Å². The summed E-state index contributed by atoms with van der Waals surface area (Å²) in [6.07, 6.45) is 0.391. The number of rotatable bonds is 4. The summed E-state index contributed by atoms with van der Waals surface area (Å²) in [7, 11) is 0. The quantitative estimate of drug-likeness (QED) is 0.821. The highest BCUT2D eigenvalue weighted by molar-refractivity contribution is 9.10. The molecule has 0 radical (unpaired) electrons. The van der Waals surface area contributed by atoms with Gasteiger partial charge in [-0.15, -0.1) is 0 Å². The first-order valence-electron chi connectivity index (χ1n) is 8.26. The number of alkyl halides is 3. The van der Waals surface area contributed by atoms with Crippen molar-refractivity contribution in [1.29, 1.82) is 0 Å². The van der Waals surface area contributed by atoms with Crippen LogP contribution in [0.2, 0.25) is 0 Å². The van der Waals surface area contributed by atoms with Crippen LogP contribution in [0.25, 0.3) is 0 Å². The highest BCUT2D eigenvalue weighted by atomic mass is 79.9. The zero-order chi connectivity index (χ0) is 17.6. The number of carbonyl (C=O) groups excluding carboxylic acids is 1. The smallest absolute Gasteiger partial charge is 0.352 e. The second kappa shape index (κ2) is 6.35. The van der Waals surface area contributed by atoms with Crippen molar-refractivity contribution in [3.05, 3.63) is 15.9 Å². The maximum absolute atomic E-state index is 12.9. The number of aromatic nitrogens is 2. The largest absolute Gasteiger partial charge is 0.436 e. The van der Waals surface area contributed by atoms with E-state index < -0.39 is 11.9 Å². The van der Waals surface area contributed by atoms with Crippen LogP contribution in [0.15, 0.2) is 4.47 Å². The molecule has 0 saturated heterocycles. The third-order valence-electron chi connectivity index (χ3n) is 5.52. The second-order valence-corrected chi connectivity index (χ2v) is 7.89. The van der Waals surface area contributed by atoms with Crippen LogP contribution in [0.4, 0.5) is 13.2 Å². The van der Waals surface area contributed by atoms with E-state index in [9.17, 15) is 18.0 Å². The van der Waals surface area contributed by atoms with Crippen molar-refractivity contribution < 1.29 is 18.0 Å². The molecule has 2 fully saturated rings. The van der Waals surface area contributed by atoms with Gasteiger partial charge in [-0.25, -0.2) is 0 Å². The van der Waals surface area contributed by atoms with Crippen LogP contribution < -0.4 is 5.32 Å². The number of hydrogen-bond donors (Lipinski definition) is 1. The van der Waals surface area contributed by atoms with Crippen molar-refractivity contribution in [2.24, 2.45) is 17.8 Å². The number of halogens is 4. The van der Waals surface area contributed by atoms with Crippen LogP contribution in [0, 0.1) is 24.7 Å². The van der Waals surface area contributed by atoms with Gasteiger partial charge >= 0.3 is 6.18 Å². The molecule has 2 aliphatic carbocycles. The van der Waals surface area contributed by atoms with Gasteiger partial charge in [0.05, 0.1) is 10.2 Å². The van der Waals surface area contributed by atoms with Crippen LogP contribution in [-0.4, -0.2) is 21.7 Å². The second-order valence-electron chi connectivity index (χ2n) is 7.10. The van der Waals surface area contributed by atoms with Crippen molar-refractivity contribution in [1.82, 2.24) is 15.1 Å². The molecule has 4 atom stereocenters. The molecule has 8 heteroatoms. The van der Waals surface area contributed by atoms with Crippen LogP contribution in [0.3, 0.4) is 0 Å². The van der Waals surface area contributed by atoms with E-state index in [0.29, 0.717) is 17.5 Å². The average molecular weight is 408 g/mol. The summed E-state index contributed by atoms with van der Waals surface area (Å²) < 4.78 is 39.6. The molecule has 24 heavy (non-hydrogen) atoms. The SMILES string of the molecule is Cc1c(Br)c(C(F)(F)F)nn1CC(=O)N[C@H](C)[C@@H]1C[C@H]2CC[C@H]1C2. The number of nitrogens with zero attached hydrogens (tertiary/aromatic N) is 2. The van der Waals surface area contributed by atoms with E-state index in [0.717, 1.165) is 17.0 Å². The standard InChI is InChI=1S/C16H21BrF3N3O/c1-8(12-6-10-3-4-11(12)5-10)21-13(24)7-23-9(2)14(17)15(22-23)16(18,19)20/h8,10-12H,3-7H2,1-2H3,(H,21,24)/t8-,10+,11+,12+/m1/s1. The Morgan fingerprint density at radius 3 is 2.62 bits per heavy atom. The van der Waals surface area contributed by atoms with E-state index >= 15 is 0 Å². The van der Waals surface area contributed by atoms with E-state index in [-0.39, 0.29) is 23.0 Å². The lowest BCUT2D eigenvalue weighted by Crippen LogP contribution is -2.41. The van der Waals surface area contributed by atoms with Gasteiger partial charge in [0.2, 0.25) is 5.91 Å². The Morgan fingerprint density at radius 2 is 2.12 bits per heavy atom. The number of hydrogen-bond acceptors (Lipinski definition) is 2. The van der Waals surface area contributed by atoms with Crippen LogP contribution in [0.1, 0.15) is 44.0 Å². The molecule has 0 spiro atoms. The zero-order valence-electron chi connectivity index (χ0n) is 13.7. The number of carbonyl (C=O) groups is 1. The predicted molar refractivity (Wildman–Crippen MR) is 86.2 cm³/mol. The van der Waals surface area contributed by atoms with Gasteiger partial charge in [-0.2, -0.15) is 18.3 Å². The maximum atomic E-state index is 12.9. The number of fused-ring (bicyclic) bond motifs is 2.